The van der Waals surface area contributed by atoms with Crippen molar-refractivity contribution in [2.45, 2.75) is 0 Å². The zero-order chi connectivity index (χ0) is 13.2. The Morgan fingerprint density at radius 1 is 1.00 bits per heavy atom. The second kappa shape index (κ2) is 4.74. The number of nitrogens with zero attached hydrogens (tertiary/aromatic N) is 2. The van der Waals surface area contributed by atoms with Gasteiger partial charge in [-0.3, -0.25) is 0 Å². The lowest BCUT2D eigenvalue weighted by Gasteiger charge is -1.98. The molecule has 2 aromatic carbocycles. The van der Waals surface area contributed by atoms with Crippen LogP contribution in [0.4, 0.5) is 0 Å². The van der Waals surface area contributed by atoms with Gasteiger partial charge in [0, 0.05) is 17.2 Å². The van der Waals surface area contributed by atoms with Crippen molar-refractivity contribution in [3.8, 4) is 22.9 Å². The quantitative estimate of drug-likeness (QED) is 0.673. The van der Waals surface area contributed by atoms with Gasteiger partial charge in [-0.25, -0.2) is 0 Å². The van der Waals surface area contributed by atoms with Crippen LogP contribution < -0.4 is 9.79 Å². The highest BCUT2D eigenvalue weighted by molar-refractivity contribution is 6.30. The molecule has 0 saturated heterocycles. The van der Waals surface area contributed by atoms with Crippen LogP contribution in [0.5, 0.6) is 5.95 Å². The average Bonchev–Trinajstić information content (AvgIpc) is 2.82. The Labute approximate surface area is 114 Å². The Balaban J connectivity index is 2.16. The van der Waals surface area contributed by atoms with Crippen molar-refractivity contribution in [1.29, 1.82) is 0 Å². The molecule has 0 radical (unpaired) electrons. The number of hydrogen-bond donors (Lipinski definition) is 0. The number of aromatic nitrogens is 2. The number of benzene rings is 2. The summed E-state index contributed by atoms with van der Waals surface area (Å²) in [6.45, 7) is 0. The molecule has 0 atom stereocenters. The molecule has 5 heteroatoms. The molecular weight excluding hydrogens is 264 g/mol. The Hall–Kier alpha value is -2.33. The van der Waals surface area contributed by atoms with E-state index in [-0.39, 0.29) is 0 Å². The van der Waals surface area contributed by atoms with Crippen molar-refractivity contribution < 1.29 is 14.3 Å². The zero-order valence-corrected chi connectivity index (χ0v) is 10.5. The fourth-order valence-corrected chi connectivity index (χ4v) is 1.97. The van der Waals surface area contributed by atoms with Crippen LogP contribution in [0.1, 0.15) is 0 Å². The molecule has 1 aromatic heterocycles. The summed E-state index contributed by atoms with van der Waals surface area (Å²) in [7, 11) is 0. The first-order chi connectivity index (χ1) is 9.25. The largest absolute Gasteiger partial charge is 0.539 e. The minimum atomic E-state index is -0.471. The molecule has 0 unspecified atom stereocenters. The molecule has 19 heavy (non-hydrogen) atoms. The second-order valence-corrected chi connectivity index (χ2v) is 4.40. The van der Waals surface area contributed by atoms with Crippen LogP contribution in [-0.2, 0) is 0 Å². The molecule has 0 spiro atoms. The lowest BCUT2D eigenvalue weighted by molar-refractivity contribution is -0.660. The van der Waals surface area contributed by atoms with E-state index in [9.17, 15) is 5.11 Å². The standard InChI is InChI=1S/C14H9ClN2O2/c15-11-6-8-12(9-7-11)17-13(14(18)19-16-17)10-4-2-1-3-5-10/h1-9H. The predicted octanol–water partition coefficient (Wildman–Crippen LogP) is 2.35. The molecule has 0 aliphatic rings. The van der Waals surface area contributed by atoms with Crippen LogP contribution in [0.25, 0.3) is 16.9 Å². The van der Waals surface area contributed by atoms with Gasteiger partial charge in [0.25, 0.3) is 5.69 Å². The van der Waals surface area contributed by atoms with Crippen LogP contribution in [0, 0.1) is 0 Å². The number of hydrogen-bond acceptors (Lipinski definition) is 3. The highest BCUT2D eigenvalue weighted by atomic mass is 35.5. The predicted molar refractivity (Wildman–Crippen MR) is 67.9 cm³/mol. The first-order valence-electron chi connectivity index (χ1n) is 5.66. The van der Waals surface area contributed by atoms with Gasteiger partial charge in [0.05, 0.1) is 10.8 Å². The van der Waals surface area contributed by atoms with Crippen LogP contribution >= 0.6 is 11.6 Å². The zero-order valence-electron chi connectivity index (χ0n) is 9.79. The van der Waals surface area contributed by atoms with Gasteiger partial charge in [-0.1, -0.05) is 29.8 Å². The number of halogens is 1. The van der Waals surface area contributed by atoms with E-state index in [0.717, 1.165) is 5.56 Å². The molecule has 0 bridgehead atoms. The molecule has 0 fully saturated rings. The van der Waals surface area contributed by atoms with Gasteiger partial charge < -0.3 is 9.63 Å². The van der Waals surface area contributed by atoms with Gasteiger partial charge in [0.2, 0.25) is 5.69 Å². The molecule has 3 aromatic rings. The van der Waals surface area contributed by atoms with E-state index in [1.165, 1.54) is 4.68 Å². The Morgan fingerprint density at radius 3 is 2.37 bits per heavy atom. The third kappa shape index (κ3) is 2.18. The van der Waals surface area contributed by atoms with Crippen molar-refractivity contribution >= 4 is 11.6 Å². The highest BCUT2D eigenvalue weighted by Gasteiger charge is 2.21. The van der Waals surface area contributed by atoms with Gasteiger partial charge in [-0.05, 0) is 28.9 Å². The van der Waals surface area contributed by atoms with E-state index in [4.69, 9.17) is 16.1 Å². The van der Waals surface area contributed by atoms with Crippen molar-refractivity contribution in [3.05, 3.63) is 59.6 Å². The summed E-state index contributed by atoms with van der Waals surface area (Å²) < 4.78 is 6.23. The third-order valence-corrected chi connectivity index (χ3v) is 2.98. The topological polar surface area (TPSA) is 53.0 Å². The summed E-state index contributed by atoms with van der Waals surface area (Å²) in [4.78, 5) is 0. The van der Waals surface area contributed by atoms with Crippen LogP contribution in [0.15, 0.2) is 59.1 Å². The molecule has 94 valence electrons. The smallest absolute Gasteiger partial charge is 0.270 e. The lowest BCUT2D eigenvalue weighted by Crippen LogP contribution is -2.34. The molecule has 0 amide bonds. The summed E-state index contributed by atoms with van der Waals surface area (Å²) in [6.07, 6.45) is 0. The molecule has 3 rings (SSSR count). The maximum Gasteiger partial charge on any atom is 0.270 e. The van der Waals surface area contributed by atoms with Crippen molar-refractivity contribution in [2.75, 3.05) is 0 Å². The molecule has 1 heterocycles. The fraction of sp³-hybridized carbons (Fsp3) is 0. The van der Waals surface area contributed by atoms with Crippen molar-refractivity contribution in [3.63, 3.8) is 0 Å². The van der Waals surface area contributed by atoms with Crippen LogP contribution in [-0.4, -0.2) is 5.27 Å². The minimum absolute atomic E-state index is 0.392. The van der Waals surface area contributed by atoms with Gasteiger partial charge in [0.15, 0.2) is 5.95 Å². The SMILES string of the molecule is [O-]c1on[n+](-c2ccc(Cl)cc2)c1-c1ccccc1. The van der Waals surface area contributed by atoms with E-state index in [0.29, 0.717) is 16.4 Å². The fourth-order valence-electron chi connectivity index (χ4n) is 1.84. The Morgan fingerprint density at radius 2 is 1.68 bits per heavy atom. The summed E-state index contributed by atoms with van der Waals surface area (Å²) >= 11 is 5.85. The van der Waals surface area contributed by atoms with Gasteiger partial charge in [0.1, 0.15) is 0 Å². The van der Waals surface area contributed by atoms with Crippen LogP contribution in [0.2, 0.25) is 5.02 Å². The summed E-state index contributed by atoms with van der Waals surface area (Å²) in [5.74, 6) is -0.471. The van der Waals surface area contributed by atoms with Crippen LogP contribution in [0.3, 0.4) is 0 Å². The summed E-state index contributed by atoms with van der Waals surface area (Å²) in [6, 6.07) is 16.3. The average molecular weight is 273 g/mol. The second-order valence-electron chi connectivity index (χ2n) is 3.96. The van der Waals surface area contributed by atoms with Gasteiger partial charge >= 0.3 is 0 Å². The first-order valence-corrected chi connectivity index (χ1v) is 6.04. The normalized spacial score (nSPS) is 10.6. The monoisotopic (exact) mass is 272 g/mol. The maximum absolute atomic E-state index is 11.8. The highest BCUT2D eigenvalue weighted by Crippen LogP contribution is 2.23. The maximum atomic E-state index is 11.8. The molecule has 0 N–H and O–H groups in total. The van der Waals surface area contributed by atoms with E-state index in [1.54, 1.807) is 24.3 Å². The molecule has 4 nitrogen and oxygen atoms in total. The van der Waals surface area contributed by atoms with E-state index in [2.05, 4.69) is 5.27 Å². The Bertz CT molecular complexity index is 693. The lowest BCUT2D eigenvalue weighted by atomic mass is 10.1. The minimum Gasteiger partial charge on any atom is -0.539 e. The third-order valence-electron chi connectivity index (χ3n) is 2.73. The summed E-state index contributed by atoms with van der Waals surface area (Å²) in [5, 5.41) is 16.2. The van der Waals surface area contributed by atoms with Crippen molar-refractivity contribution in [2.24, 2.45) is 0 Å². The molecule has 0 saturated carbocycles. The van der Waals surface area contributed by atoms with Gasteiger partial charge in [-0.15, -0.1) is 0 Å². The molecular formula is C14H9ClN2O2. The van der Waals surface area contributed by atoms with E-state index < -0.39 is 5.95 Å². The molecule has 0 aliphatic heterocycles. The van der Waals surface area contributed by atoms with E-state index >= 15 is 0 Å². The summed E-state index contributed by atoms with van der Waals surface area (Å²) in [5.41, 5.74) is 1.86. The first kappa shape index (κ1) is 11.7. The van der Waals surface area contributed by atoms with Gasteiger partial charge in [-0.2, -0.15) is 0 Å². The van der Waals surface area contributed by atoms with E-state index in [1.807, 2.05) is 30.3 Å². The molecule has 0 aliphatic carbocycles. The number of rotatable bonds is 2. The Kier molecular flexibility index (Phi) is 2.93. The van der Waals surface area contributed by atoms with Crippen molar-refractivity contribution in [1.82, 2.24) is 5.27 Å².